The van der Waals surface area contributed by atoms with Gasteiger partial charge in [-0.2, -0.15) is 5.26 Å². The third kappa shape index (κ3) is 3.83. The molecule has 7 nitrogen and oxygen atoms in total. The van der Waals surface area contributed by atoms with Crippen molar-refractivity contribution in [1.82, 2.24) is 0 Å². The number of hydrogen-bond donors (Lipinski definition) is 2. The van der Waals surface area contributed by atoms with Crippen LogP contribution in [0.15, 0.2) is 23.1 Å². The zero-order valence-electron chi connectivity index (χ0n) is 10.4. The minimum Gasteiger partial charge on any atom is -0.281 e. The fraction of sp³-hybridized carbons (Fsp3) is 0.300. The Morgan fingerprint density at radius 3 is 2.45 bits per heavy atom. The van der Waals surface area contributed by atoms with Gasteiger partial charge in [0.1, 0.15) is 0 Å². The summed E-state index contributed by atoms with van der Waals surface area (Å²) in [7, 11) is -7.98. The summed E-state index contributed by atoms with van der Waals surface area (Å²) in [5.74, 6) is 0. The Balaban J connectivity index is 3.26. The Bertz CT molecular complexity index is 753. The summed E-state index contributed by atoms with van der Waals surface area (Å²) in [5.41, 5.74) is -0.146. The number of benzene rings is 1. The molecule has 0 amide bonds. The highest BCUT2D eigenvalue weighted by molar-refractivity contribution is 7.93. The van der Waals surface area contributed by atoms with Crippen molar-refractivity contribution in [3.8, 4) is 6.07 Å². The van der Waals surface area contributed by atoms with Crippen molar-refractivity contribution in [2.24, 2.45) is 5.14 Å². The molecule has 1 aromatic rings. The van der Waals surface area contributed by atoms with Crippen LogP contribution in [-0.2, 0) is 20.0 Å². The third-order valence-electron chi connectivity index (χ3n) is 2.41. The zero-order valence-corrected chi connectivity index (χ0v) is 12.8. The maximum atomic E-state index is 11.9. The van der Waals surface area contributed by atoms with Crippen molar-refractivity contribution in [1.29, 1.82) is 5.26 Å². The van der Waals surface area contributed by atoms with Crippen LogP contribution in [0.2, 0.25) is 5.02 Å². The van der Waals surface area contributed by atoms with Crippen molar-refractivity contribution in [2.45, 2.75) is 23.5 Å². The lowest BCUT2D eigenvalue weighted by Crippen LogP contribution is -2.26. The smallest absolute Gasteiger partial charge is 0.249 e. The number of anilines is 1. The molecule has 0 saturated heterocycles. The molecule has 0 aliphatic rings. The molecule has 0 fully saturated rings. The molecule has 0 bridgehead atoms. The summed E-state index contributed by atoms with van der Waals surface area (Å²) in [6.45, 7) is 1.54. The molecule has 1 rings (SSSR count). The molecule has 0 saturated carbocycles. The topological polar surface area (TPSA) is 130 Å². The van der Waals surface area contributed by atoms with Crippen molar-refractivity contribution in [2.75, 3.05) is 4.72 Å². The Kier molecular flexibility index (Phi) is 4.99. The Morgan fingerprint density at radius 2 is 2.00 bits per heavy atom. The number of primary sulfonamides is 1. The first-order valence-electron chi connectivity index (χ1n) is 5.35. The summed E-state index contributed by atoms with van der Waals surface area (Å²) in [4.78, 5) is -0.287. The number of rotatable bonds is 5. The molecule has 0 heterocycles. The lowest BCUT2D eigenvalue weighted by Gasteiger charge is -2.13. The van der Waals surface area contributed by atoms with Gasteiger partial charge in [-0.1, -0.05) is 18.5 Å². The Hall–Kier alpha value is -1.34. The van der Waals surface area contributed by atoms with Gasteiger partial charge in [-0.25, -0.2) is 22.0 Å². The van der Waals surface area contributed by atoms with Crippen molar-refractivity contribution in [3.05, 3.63) is 23.2 Å². The van der Waals surface area contributed by atoms with Gasteiger partial charge in [0, 0.05) is 0 Å². The molecule has 10 heteroatoms. The molecule has 0 aliphatic heterocycles. The van der Waals surface area contributed by atoms with E-state index in [9.17, 15) is 16.8 Å². The van der Waals surface area contributed by atoms with E-state index in [1.165, 1.54) is 13.0 Å². The lowest BCUT2D eigenvalue weighted by molar-refractivity contribution is 0.591. The number of nitrogens with two attached hydrogens (primary N) is 1. The zero-order chi connectivity index (χ0) is 15.6. The minimum atomic E-state index is -3.99. The minimum absolute atomic E-state index is 0.00577. The quantitative estimate of drug-likeness (QED) is 0.828. The van der Waals surface area contributed by atoms with Crippen LogP contribution in [0.3, 0.4) is 0 Å². The second-order valence-electron chi connectivity index (χ2n) is 3.86. The first-order valence-corrected chi connectivity index (χ1v) is 8.82. The van der Waals surface area contributed by atoms with Crippen LogP contribution in [0.1, 0.15) is 13.3 Å². The van der Waals surface area contributed by atoms with Gasteiger partial charge in [0.25, 0.3) is 0 Å². The standard InChI is InChI=1S/C10H12ClN3O4S2/c1-2-7(6-12)20(17,18)14-10-5-8(19(13,15)16)3-4-9(10)11/h3-5,7,14H,2H2,1H3,(H2,13,15,16). The Morgan fingerprint density at radius 1 is 1.40 bits per heavy atom. The summed E-state index contributed by atoms with van der Waals surface area (Å²) in [6, 6.07) is 4.99. The van der Waals surface area contributed by atoms with Crippen LogP contribution in [0.5, 0.6) is 0 Å². The number of nitriles is 1. The van der Waals surface area contributed by atoms with Crippen LogP contribution in [0.4, 0.5) is 5.69 Å². The van der Waals surface area contributed by atoms with Crippen LogP contribution in [-0.4, -0.2) is 22.1 Å². The normalized spacial score (nSPS) is 13.5. The van der Waals surface area contributed by atoms with Crippen molar-refractivity contribution >= 4 is 37.3 Å². The summed E-state index contributed by atoms with van der Waals surface area (Å²) in [6.07, 6.45) is 0.0817. The Labute approximate surface area is 122 Å². The van der Waals surface area contributed by atoms with Gasteiger partial charge in [0.15, 0.2) is 5.25 Å². The average molecular weight is 338 g/mol. The summed E-state index contributed by atoms with van der Waals surface area (Å²) >= 11 is 5.80. The van der Waals surface area contributed by atoms with E-state index in [0.717, 1.165) is 12.1 Å². The van der Waals surface area contributed by atoms with Gasteiger partial charge < -0.3 is 0 Å². The van der Waals surface area contributed by atoms with Crippen molar-refractivity contribution < 1.29 is 16.8 Å². The fourth-order valence-corrected chi connectivity index (χ4v) is 3.32. The van der Waals surface area contributed by atoms with Gasteiger partial charge in [-0.05, 0) is 24.6 Å². The highest BCUT2D eigenvalue weighted by Gasteiger charge is 2.24. The largest absolute Gasteiger partial charge is 0.281 e. The van der Waals surface area contributed by atoms with Gasteiger partial charge in [-0.3, -0.25) is 4.72 Å². The van der Waals surface area contributed by atoms with E-state index in [0.29, 0.717) is 0 Å². The number of halogens is 1. The average Bonchev–Trinajstić information content (AvgIpc) is 2.31. The van der Waals surface area contributed by atoms with E-state index < -0.39 is 25.3 Å². The van der Waals surface area contributed by atoms with E-state index in [1.807, 2.05) is 0 Å². The molecular weight excluding hydrogens is 326 g/mol. The van der Waals surface area contributed by atoms with Crippen LogP contribution in [0, 0.1) is 11.3 Å². The van der Waals surface area contributed by atoms with Crippen LogP contribution in [0.25, 0.3) is 0 Å². The SMILES string of the molecule is CCC(C#N)S(=O)(=O)Nc1cc(S(N)(=O)=O)ccc1Cl. The van der Waals surface area contributed by atoms with Crippen molar-refractivity contribution in [3.63, 3.8) is 0 Å². The van der Waals surface area contributed by atoms with Gasteiger partial charge >= 0.3 is 0 Å². The molecule has 1 atom stereocenters. The second kappa shape index (κ2) is 5.97. The molecule has 0 aliphatic carbocycles. The number of sulfonamides is 2. The molecule has 0 aromatic heterocycles. The first kappa shape index (κ1) is 16.7. The van der Waals surface area contributed by atoms with Crippen LogP contribution < -0.4 is 9.86 Å². The maximum absolute atomic E-state index is 11.9. The maximum Gasteiger partial charge on any atom is 0.249 e. The van der Waals surface area contributed by atoms with E-state index in [4.69, 9.17) is 22.0 Å². The first-order chi connectivity index (χ1) is 9.11. The number of nitrogens with one attached hydrogen (secondary N) is 1. The highest BCUT2D eigenvalue weighted by atomic mass is 35.5. The van der Waals surface area contributed by atoms with Gasteiger partial charge in [-0.15, -0.1) is 0 Å². The lowest BCUT2D eigenvalue weighted by atomic mass is 10.3. The molecular formula is C10H12ClN3O4S2. The van der Waals surface area contributed by atoms with E-state index in [2.05, 4.69) is 4.72 Å². The van der Waals surface area contributed by atoms with Gasteiger partial charge in [0.2, 0.25) is 20.0 Å². The molecule has 0 spiro atoms. The molecule has 1 unspecified atom stereocenters. The highest BCUT2D eigenvalue weighted by Crippen LogP contribution is 2.26. The monoisotopic (exact) mass is 337 g/mol. The molecule has 110 valence electrons. The van der Waals surface area contributed by atoms with Crippen LogP contribution >= 0.6 is 11.6 Å². The molecule has 0 radical (unpaired) electrons. The third-order valence-corrected chi connectivity index (χ3v) is 5.34. The van der Waals surface area contributed by atoms with E-state index in [1.54, 1.807) is 6.07 Å². The van der Waals surface area contributed by atoms with E-state index >= 15 is 0 Å². The molecule has 20 heavy (non-hydrogen) atoms. The van der Waals surface area contributed by atoms with Gasteiger partial charge in [0.05, 0.1) is 21.7 Å². The second-order valence-corrected chi connectivity index (χ2v) is 7.69. The summed E-state index contributed by atoms with van der Waals surface area (Å²) in [5, 5.41) is 12.5. The van der Waals surface area contributed by atoms with E-state index in [-0.39, 0.29) is 22.0 Å². The predicted molar refractivity (Wildman–Crippen MR) is 75.1 cm³/mol. The molecule has 1 aromatic carbocycles. The predicted octanol–water partition coefficient (Wildman–Crippen LogP) is 1.03. The number of nitrogens with zero attached hydrogens (tertiary/aromatic N) is 1. The fourth-order valence-electron chi connectivity index (χ4n) is 1.36. The molecule has 3 N–H and O–H groups in total. The summed E-state index contributed by atoms with van der Waals surface area (Å²) < 4.78 is 48.3. The number of hydrogen-bond acceptors (Lipinski definition) is 5.